The largest absolute Gasteiger partial charge is 0.501 e. The van der Waals surface area contributed by atoms with Crippen LogP contribution in [0.25, 0.3) is 0 Å². The van der Waals surface area contributed by atoms with Gasteiger partial charge in [0.05, 0.1) is 12.9 Å². The maximum absolute atomic E-state index is 6.61. The molecule has 1 heterocycles. The van der Waals surface area contributed by atoms with Gasteiger partial charge in [-0.25, -0.2) is 0 Å². The fourth-order valence-corrected chi connectivity index (χ4v) is 3.35. The van der Waals surface area contributed by atoms with Gasteiger partial charge in [-0.05, 0) is 44.3 Å². The van der Waals surface area contributed by atoms with E-state index in [2.05, 4.69) is 32.6 Å². The lowest BCUT2D eigenvalue weighted by molar-refractivity contribution is 0.0688. The van der Waals surface area contributed by atoms with E-state index >= 15 is 0 Å². The van der Waals surface area contributed by atoms with Gasteiger partial charge in [0.15, 0.2) is 0 Å². The van der Waals surface area contributed by atoms with Crippen molar-refractivity contribution in [3.63, 3.8) is 0 Å². The Morgan fingerprint density at radius 3 is 2.28 bits per heavy atom. The molecule has 0 radical (unpaired) electrons. The summed E-state index contributed by atoms with van der Waals surface area (Å²) < 4.78 is 5.47. The van der Waals surface area contributed by atoms with E-state index in [1.807, 2.05) is 6.26 Å². The number of rotatable bonds is 7. The first-order chi connectivity index (χ1) is 8.66. The van der Waals surface area contributed by atoms with Gasteiger partial charge in [0.1, 0.15) is 0 Å². The summed E-state index contributed by atoms with van der Waals surface area (Å²) in [6.07, 6.45) is 6.27. The molecule has 3 heteroatoms. The molecule has 1 atom stereocenters. The highest BCUT2D eigenvalue weighted by Crippen LogP contribution is 2.32. The number of hydrogen-bond donors (Lipinski definition) is 1. The molecular formula is C15H30N2O. The summed E-state index contributed by atoms with van der Waals surface area (Å²) in [6.45, 7) is 11.9. The van der Waals surface area contributed by atoms with Crippen LogP contribution in [0.3, 0.4) is 0 Å². The van der Waals surface area contributed by atoms with Crippen LogP contribution < -0.4 is 5.73 Å². The van der Waals surface area contributed by atoms with Gasteiger partial charge >= 0.3 is 0 Å². The van der Waals surface area contributed by atoms with Crippen LogP contribution in [-0.4, -0.2) is 36.2 Å². The van der Waals surface area contributed by atoms with E-state index in [4.69, 9.17) is 10.5 Å². The van der Waals surface area contributed by atoms with Crippen molar-refractivity contribution in [1.82, 2.24) is 4.90 Å². The third kappa shape index (κ3) is 2.89. The summed E-state index contributed by atoms with van der Waals surface area (Å²) in [4.78, 5) is 2.52. The second-order valence-corrected chi connectivity index (χ2v) is 5.13. The van der Waals surface area contributed by atoms with Gasteiger partial charge < -0.3 is 10.5 Å². The van der Waals surface area contributed by atoms with E-state index in [0.29, 0.717) is 0 Å². The number of likely N-dealkylation sites (N-methyl/N-ethyl adjacent to an activating group) is 1. The lowest BCUT2D eigenvalue weighted by Gasteiger charge is -2.47. The van der Waals surface area contributed by atoms with Crippen LogP contribution in [0, 0.1) is 0 Å². The van der Waals surface area contributed by atoms with Crippen LogP contribution in [0.1, 0.15) is 53.4 Å². The highest BCUT2D eigenvalue weighted by molar-refractivity contribution is 5.18. The van der Waals surface area contributed by atoms with Gasteiger partial charge in [-0.2, -0.15) is 0 Å². The molecule has 0 saturated heterocycles. The lowest BCUT2D eigenvalue weighted by atomic mass is 9.78. The maximum atomic E-state index is 6.61. The average molecular weight is 254 g/mol. The van der Waals surface area contributed by atoms with E-state index < -0.39 is 0 Å². The highest BCUT2D eigenvalue weighted by Gasteiger charge is 2.39. The van der Waals surface area contributed by atoms with Crippen molar-refractivity contribution >= 4 is 0 Å². The topological polar surface area (TPSA) is 38.5 Å². The van der Waals surface area contributed by atoms with E-state index in [1.165, 1.54) is 5.57 Å². The zero-order valence-electron chi connectivity index (χ0n) is 12.5. The Kier molecular flexibility index (Phi) is 6.16. The van der Waals surface area contributed by atoms with Gasteiger partial charge in [0.2, 0.25) is 0 Å². The van der Waals surface area contributed by atoms with Crippen LogP contribution >= 0.6 is 0 Å². The first-order valence-electron chi connectivity index (χ1n) is 7.47. The Hall–Kier alpha value is -0.540. The fourth-order valence-electron chi connectivity index (χ4n) is 3.35. The first-order valence-corrected chi connectivity index (χ1v) is 7.47. The molecule has 1 rings (SSSR count). The predicted molar refractivity (Wildman–Crippen MR) is 77.5 cm³/mol. The quantitative estimate of drug-likeness (QED) is 0.759. The Morgan fingerprint density at radius 2 is 1.89 bits per heavy atom. The molecule has 0 aromatic carbocycles. The number of nitrogens with two attached hydrogens (primary N) is 1. The molecule has 1 aliphatic rings. The van der Waals surface area contributed by atoms with Crippen molar-refractivity contribution in [3.8, 4) is 0 Å². The van der Waals surface area contributed by atoms with Crippen molar-refractivity contribution in [2.24, 2.45) is 5.73 Å². The molecule has 0 spiro atoms. The van der Waals surface area contributed by atoms with Crippen molar-refractivity contribution in [1.29, 1.82) is 0 Å². The van der Waals surface area contributed by atoms with Gasteiger partial charge in [-0.3, -0.25) is 4.90 Å². The Labute approximate surface area is 112 Å². The second-order valence-electron chi connectivity index (χ2n) is 5.13. The first kappa shape index (κ1) is 15.5. The molecule has 18 heavy (non-hydrogen) atoms. The van der Waals surface area contributed by atoms with Gasteiger partial charge in [-0.1, -0.05) is 27.7 Å². The summed E-state index contributed by atoms with van der Waals surface area (Å²) in [6, 6.07) is 0.0905. The molecule has 0 amide bonds. The molecule has 2 N–H and O–H groups in total. The summed E-state index contributed by atoms with van der Waals surface area (Å²) in [7, 11) is 0. The Morgan fingerprint density at radius 1 is 1.28 bits per heavy atom. The minimum atomic E-state index is 0.0794. The van der Waals surface area contributed by atoms with E-state index in [1.54, 1.807) is 0 Å². The zero-order valence-corrected chi connectivity index (χ0v) is 12.5. The second kappa shape index (κ2) is 7.15. The summed E-state index contributed by atoms with van der Waals surface area (Å²) in [5.41, 5.74) is 7.98. The third-order valence-electron chi connectivity index (χ3n) is 4.56. The standard InChI is InChI=1S/C15H30N2O/c1-5-15(6-2,17(7-3)8-4)14(16)13-10-9-11-18-12-13/h12,14H,5-11,16H2,1-4H3. The van der Waals surface area contributed by atoms with Gasteiger partial charge in [0, 0.05) is 11.6 Å². The minimum absolute atomic E-state index is 0.0794. The SMILES string of the molecule is CCN(CC)C(CC)(CC)C(N)C1=COCCC1. The molecule has 0 aromatic heterocycles. The van der Waals surface area contributed by atoms with Crippen molar-refractivity contribution in [2.45, 2.75) is 65.0 Å². The van der Waals surface area contributed by atoms with Crippen molar-refractivity contribution < 1.29 is 4.74 Å². The normalized spacial score (nSPS) is 18.4. The van der Waals surface area contributed by atoms with Crippen LogP contribution in [0.2, 0.25) is 0 Å². The third-order valence-corrected chi connectivity index (χ3v) is 4.56. The number of nitrogens with zero attached hydrogens (tertiary/aromatic N) is 1. The molecule has 0 aromatic rings. The molecular weight excluding hydrogens is 224 g/mol. The molecule has 3 nitrogen and oxygen atoms in total. The number of hydrogen-bond acceptors (Lipinski definition) is 3. The van der Waals surface area contributed by atoms with Crippen molar-refractivity contribution in [3.05, 3.63) is 11.8 Å². The molecule has 0 fully saturated rings. The summed E-state index contributed by atoms with van der Waals surface area (Å²) >= 11 is 0. The fraction of sp³-hybridized carbons (Fsp3) is 0.867. The molecule has 1 aliphatic heterocycles. The van der Waals surface area contributed by atoms with Gasteiger partial charge in [-0.15, -0.1) is 0 Å². The van der Waals surface area contributed by atoms with Crippen molar-refractivity contribution in [2.75, 3.05) is 19.7 Å². The molecule has 0 saturated carbocycles. The molecule has 106 valence electrons. The zero-order chi connectivity index (χ0) is 13.6. The monoisotopic (exact) mass is 254 g/mol. The summed E-state index contributed by atoms with van der Waals surface area (Å²) in [5.74, 6) is 0. The van der Waals surface area contributed by atoms with Crippen LogP contribution in [0.4, 0.5) is 0 Å². The molecule has 0 aliphatic carbocycles. The number of ether oxygens (including phenoxy) is 1. The van der Waals surface area contributed by atoms with Crippen LogP contribution in [0.15, 0.2) is 11.8 Å². The average Bonchev–Trinajstić information content (AvgIpc) is 2.45. The van der Waals surface area contributed by atoms with Crippen LogP contribution in [-0.2, 0) is 4.74 Å². The molecule has 1 unspecified atom stereocenters. The minimum Gasteiger partial charge on any atom is -0.501 e. The van der Waals surface area contributed by atoms with E-state index in [0.717, 1.165) is 45.4 Å². The maximum Gasteiger partial charge on any atom is 0.0876 e. The van der Waals surface area contributed by atoms with Gasteiger partial charge in [0.25, 0.3) is 0 Å². The lowest BCUT2D eigenvalue weighted by Crippen LogP contribution is -2.60. The van der Waals surface area contributed by atoms with E-state index in [9.17, 15) is 0 Å². The Balaban J connectivity index is 2.98. The highest BCUT2D eigenvalue weighted by atomic mass is 16.5. The Bertz CT molecular complexity index is 268. The summed E-state index contributed by atoms with van der Waals surface area (Å²) in [5, 5.41) is 0. The van der Waals surface area contributed by atoms with Crippen LogP contribution in [0.5, 0.6) is 0 Å². The smallest absolute Gasteiger partial charge is 0.0876 e. The molecule has 0 bridgehead atoms. The van der Waals surface area contributed by atoms with E-state index in [-0.39, 0.29) is 11.6 Å². The predicted octanol–water partition coefficient (Wildman–Crippen LogP) is 2.91.